The van der Waals surface area contributed by atoms with Crippen molar-refractivity contribution < 1.29 is 14.4 Å². The van der Waals surface area contributed by atoms with Crippen LogP contribution in [0.4, 0.5) is 0 Å². The Morgan fingerprint density at radius 2 is 0.727 bits per heavy atom. The molecule has 6 aliphatic carbocycles. The highest BCUT2D eigenvalue weighted by molar-refractivity contribution is 5.85. The summed E-state index contributed by atoms with van der Waals surface area (Å²) in [6.45, 7) is 1.17. The van der Waals surface area contributed by atoms with Crippen LogP contribution in [0, 0.1) is 53.3 Å². The van der Waals surface area contributed by atoms with Gasteiger partial charge < -0.3 is 14.7 Å². The van der Waals surface area contributed by atoms with Crippen LogP contribution in [-0.4, -0.2) is 52.4 Å². The number of rotatable bonds is 3. The first kappa shape index (κ1) is 20.8. The number of hydrogen-bond donors (Lipinski definition) is 0. The van der Waals surface area contributed by atoms with Crippen molar-refractivity contribution in [3.8, 4) is 0 Å². The quantitative estimate of drug-likeness (QED) is 0.655. The summed E-state index contributed by atoms with van der Waals surface area (Å²) in [4.78, 5) is 46.7. The van der Waals surface area contributed by atoms with Gasteiger partial charge in [-0.1, -0.05) is 19.3 Å². The molecule has 6 saturated carbocycles. The van der Waals surface area contributed by atoms with Gasteiger partial charge in [-0.3, -0.25) is 14.4 Å². The SMILES string of the molecule is O=C(C1CC2CCC1C2)N1CN(C(=O)C2CC3CCC2C3)CN(C(=O)C2CC3CCC2C3)C1. The van der Waals surface area contributed by atoms with Crippen LogP contribution >= 0.6 is 0 Å². The van der Waals surface area contributed by atoms with Gasteiger partial charge in [0.15, 0.2) is 0 Å². The van der Waals surface area contributed by atoms with Gasteiger partial charge in [0.05, 0.1) is 20.0 Å². The molecule has 6 heteroatoms. The number of amides is 3. The molecule has 0 aromatic carbocycles. The van der Waals surface area contributed by atoms with E-state index in [1.807, 2.05) is 14.7 Å². The Kier molecular flexibility index (Phi) is 4.85. The molecule has 0 spiro atoms. The van der Waals surface area contributed by atoms with Gasteiger partial charge in [0.25, 0.3) is 0 Å². The Balaban J connectivity index is 1.11. The highest BCUT2D eigenvalue weighted by atomic mass is 16.2. The zero-order valence-corrected chi connectivity index (χ0v) is 19.9. The Bertz CT molecular complexity index is 744. The zero-order chi connectivity index (χ0) is 22.3. The van der Waals surface area contributed by atoms with Crippen molar-refractivity contribution >= 4 is 17.7 Å². The van der Waals surface area contributed by atoms with Gasteiger partial charge in [0.1, 0.15) is 0 Å². The third kappa shape index (κ3) is 3.36. The van der Waals surface area contributed by atoms with E-state index in [2.05, 4.69) is 0 Å². The van der Waals surface area contributed by atoms with Crippen molar-refractivity contribution in [3.05, 3.63) is 0 Å². The summed E-state index contributed by atoms with van der Waals surface area (Å²) in [7, 11) is 0. The molecule has 6 bridgehead atoms. The fraction of sp³-hybridized carbons (Fsp3) is 0.889. The predicted octanol–water partition coefficient (Wildman–Crippen LogP) is 3.67. The van der Waals surface area contributed by atoms with Gasteiger partial charge in [-0.2, -0.15) is 0 Å². The van der Waals surface area contributed by atoms with E-state index in [1.165, 1.54) is 57.8 Å². The van der Waals surface area contributed by atoms with Crippen LogP contribution in [0.25, 0.3) is 0 Å². The van der Waals surface area contributed by atoms with E-state index >= 15 is 0 Å². The van der Waals surface area contributed by atoms with Crippen LogP contribution in [0.15, 0.2) is 0 Å². The summed E-state index contributed by atoms with van der Waals surface area (Å²) < 4.78 is 0. The van der Waals surface area contributed by atoms with Gasteiger partial charge in [-0.05, 0) is 93.3 Å². The summed E-state index contributed by atoms with van der Waals surface area (Å²) in [5.41, 5.74) is 0. The molecule has 180 valence electrons. The van der Waals surface area contributed by atoms with E-state index < -0.39 is 0 Å². The first-order valence-electron chi connectivity index (χ1n) is 13.9. The summed E-state index contributed by atoms with van der Waals surface area (Å²) in [6, 6.07) is 0. The Hall–Kier alpha value is -1.59. The van der Waals surface area contributed by atoms with Crippen LogP contribution in [0.2, 0.25) is 0 Å². The van der Waals surface area contributed by atoms with Crippen LogP contribution in [0.3, 0.4) is 0 Å². The molecular weight excluding hydrogens is 414 g/mol. The predicted molar refractivity (Wildman–Crippen MR) is 122 cm³/mol. The minimum Gasteiger partial charge on any atom is -0.307 e. The van der Waals surface area contributed by atoms with Crippen molar-refractivity contribution in [1.82, 2.24) is 14.7 Å². The molecule has 9 atom stereocenters. The topological polar surface area (TPSA) is 60.9 Å². The van der Waals surface area contributed by atoms with Crippen molar-refractivity contribution in [2.24, 2.45) is 53.3 Å². The average molecular weight is 454 g/mol. The fourth-order valence-electron chi connectivity index (χ4n) is 9.52. The number of hydrogen-bond acceptors (Lipinski definition) is 3. The second kappa shape index (κ2) is 7.71. The van der Waals surface area contributed by atoms with Crippen LogP contribution < -0.4 is 0 Å². The number of fused-ring (bicyclic) bond motifs is 6. The largest absolute Gasteiger partial charge is 0.307 e. The second-order valence-electron chi connectivity index (χ2n) is 12.9. The monoisotopic (exact) mass is 453 g/mol. The van der Waals surface area contributed by atoms with E-state index in [4.69, 9.17) is 0 Å². The molecule has 7 aliphatic rings. The normalized spacial score (nSPS) is 45.5. The molecule has 0 radical (unpaired) electrons. The average Bonchev–Trinajstić information content (AvgIpc) is 3.68. The lowest BCUT2D eigenvalue weighted by Gasteiger charge is -2.45. The van der Waals surface area contributed by atoms with Crippen LogP contribution in [-0.2, 0) is 14.4 Å². The fourth-order valence-corrected chi connectivity index (χ4v) is 9.52. The molecule has 1 aliphatic heterocycles. The summed E-state index contributed by atoms with van der Waals surface area (Å²) in [5, 5.41) is 0. The summed E-state index contributed by atoms with van der Waals surface area (Å²) in [5.74, 6) is 4.67. The smallest absolute Gasteiger partial charge is 0.228 e. The molecule has 0 aromatic rings. The molecule has 6 nitrogen and oxygen atoms in total. The highest BCUT2D eigenvalue weighted by Crippen LogP contribution is 2.51. The van der Waals surface area contributed by atoms with E-state index in [-0.39, 0.29) is 35.5 Å². The van der Waals surface area contributed by atoms with Gasteiger partial charge in [0, 0.05) is 17.8 Å². The molecule has 3 amide bonds. The highest BCUT2D eigenvalue weighted by Gasteiger charge is 2.50. The molecule has 1 heterocycles. The molecule has 7 rings (SSSR count). The van der Waals surface area contributed by atoms with Gasteiger partial charge in [-0.25, -0.2) is 0 Å². The molecule has 33 heavy (non-hydrogen) atoms. The first-order valence-corrected chi connectivity index (χ1v) is 13.9. The maximum atomic E-state index is 13.7. The molecular formula is C27H39N3O3. The van der Waals surface area contributed by atoms with E-state index in [0.29, 0.717) is 55.5 Å². The Morgan fingerprint density at radius 3 is 0.939 bits per heavy atom. The minimum atomic E-state index is 0.112. The molecule has 9 unspecified atom stereocenters. The lowest BCUT2D eigenvalue weighted by Crippen LogP contribution is -2.62. The van der Waals surface area contributed by atoms with Crippen LogP contribution in [0.5, 0.6) is 0 Å². The van der Waals surface area contributed by atoms with Gasteiger partial charge in [-0.15, -0.1) is 0 Å². The first-order chi connectivity index (χ1) is 16.0. The van der Waals surface area contributed by atoms with Crippen LogP contribution in [0.1, 0.15) is 77.0 Å². The van der Waals surface area contributed by atoms with E-state index in [0.717, 1.165) is 19.3 Å². The molecule has 1 saturated heterocycles. The van der Waals surface area contributed by atoms with Crippen molar-refractivity contribution in [2.75, 3.05) is 20.0 Å². The summed E-state index contributed by atoms with van der Waals surface area (Å²) >= 11 is 0. The maximum absolute atomic E-state index is 13.7. The third-order valence-electron chi connectivity index (χ3n) is 11.1. The number of carbonyl (C=O) groups is 3. The second-order valence-corrected chi connectivity index (χ2v) is 12.9. The van der Waals surface area contributed by atoms with Crippen molar-refractivity contribution in [2.45, 2.75) is 77.0 Å². The maximum Gasteiger partial charge on any atom is 0.228 e. The summed E-state index contributed by atoms with van der Waals surface area (Å²) in [6.07, 6.45) is 14.0. The Morgan fingerprint density at radius 1 is 0.424 bits per heavy atom. The Labute approximate surface area is 197 Å². The molecule has 0 N–H and O–H groups in total. The standard InChI is InChI=1S/C27H39N3O3/c31-25(22-10-16-1-4-19(22)7-16)28-13-29(26(32)23-11-17-2-5-20(23)8-17)15-30(14-28)27(33)24-12-18-3-6-21(24)9-18/h16-24H,1-15H2. The number of nitrogens with zero attached hydrogens (tertiary/aromatic N) is 3. The lowest BCUT2D eigenvalue weighted by molar-refractivity contribution is -0.165. The molecule has 0 aromatic heterocycles. The molecule has 7 fully saturated rings. The van der Waals surface area contributed by atoms with Crippen molar-refractivity contribution in [1.29, 1.82) is 0 Å². The number of carbonyl (C=O) groups excluding carboxylic acids is 3. The van der Waals surface area contributed by atoms with Gasteiger partial charge >= 0.3 is 0 Å². The van der Waals surface area contributed by atoms with E-state index in [1.54, 1.807) is 0 Å². The van der Waals surface area contributed by atoms with E-state index in [9.17, 15) is 14.4 Å². The third-order valence-corrected chi connectivity index (χ3v) is 11.1. The minimum absolute atomic E-state index is 0.112. The lowest BCUT2D eigenvalue weighted by atomic mass is 9.87. The zero-order valence-electron chi connectivity index (χ0n) is 19.9. The van der Waals surface area contributed by atoms with Crippen molar-refractivity contribution in [3.63, 3.8) is 0 Å². The van der Waals surface area contributed by atoms with Gasteiger partial charge in [0.2, 0.25) is 17.7 Å².